The highest BCUT2D eigenvalue weighted by Gasteiger charge is 2.27. The minimum atomic E-state index is 0.792. The van der Waals surface area contributed by atoms with E-state index in [1.165, 1.54) is 90.4 Å². The second-order valence-electron chi connectivity index (χ2n) is 7.49. The fraction of sp³-hybridized carbons (Fsp3) is 1.00. The molecule has 0 aromatic carbocycles. The normalized spacial score (nSPS) is 29.4. The topological polar surface area (TPSA) is 15.3 Å². The molecule has 2 aliphatic rings. The van der Waals surface area contributed by atoms with Crippen molar-refractivity contribution in [3.63, 3.8) is 0 Å². The monoisotopic (exact) mass is 294 g/mol. The molecule has 21 heavy (non-hydrogen) atoms. The Kier molecular flexibility index (Phi) is 8.10. The van der Waals surface area contributed by atoms with Gasteiger partial charge in [0.15, 0.2) is 0 Å². The molecule has 1 heterocycles. The Morgan fingerprint density at radius 1 is 0.905 bits per heavy atom. The van der Waals surface area contributed by atoms with Crippen molar-refractivity contribution in [1.29, 1.82) is 0 Å². The Bertz CT molecular complexity index is 258. The summed E-state index contributed by atoms with van der Waals surface area (Å²) in [6, 6.07) is 0.792. The number of rotatable bonds is 7. The number of hydrogen-bond acceptors (Lipinski definition) is 2. The van der Waals surface area contributed by atoms with Gasteiger partial charge in [-0.15, -0.1) is 0 Å². The molecule has 0 bridgehead atoms. The first-order valence-corrected chi connectivity index (χ1v) is 9.79. The van der Waals surface area contributed by atoms with E-state index in [1.807, 2.05) is 0 Å². The predicted molar refractivity (Wildman–Crippen MR) is 92.7 cm³/mol. The molecule has 0 radical (unpaired) electrons. The van der Waals surface area contributed by atoms with Crippen molar-refractivity contribution in [3.05, 3.63) is 0 Å². The molecule has 0 spiro atoms. The minimum Gasteiger partial charge on any atom is -0.314 e. The van der Waals surface area contributed by atoms with Gasteiger partial charge in [-0.1, -0.05) is 46.0 Å². The SMILES string of the molecule is CCCNC1CCCCCC1CN1CCC(CCC)CC1. The van der Waals surface area contributed by atoms with Gasteiger partial charge in [0.25, 0.3) is 0 Å². The molecule has 2 nitrogen and oxygen atoms in total. The molecule has 1 aliphatic heterocycles. The standard InChI is InChI=1S/C19H38N2/c1-3-8-17-11-14-21(15-12-17)16-18-9-6-5-7-10-19(18)20-13-4-2/h17-20H,3-16H2,1-2H3. The Morgan fingerprint density at radius 2 is 1.67 bits per heavy atom. The molecule has 2 heteroatoms. The molecule has 2 atom stereocenters. The summed E-state index contributed by atoms with van der Waals surface area (Å²) in [5.74, 6) is 1.93. The number of nitrogens with zero attached hydrogens (tertiary/aromatic N) is 1. The van der Waals surface area contributed by atoms with E-state index in [1.54, 1.807) is 0 Å². The average Bonchev–Trinajstić information content (AvgIpc) is 2.73. The third-order valence-electron chi connectivity index (χ3n) is 5.71. The lowest BCUT2D eigenvalue weighted by atomic mass is 9.89. The summed E-state index contributed by atoms with van der Waals surface area (Å²) >= 11 is 0. The van der Waals surface area contributed by atoms with Gasteiger partial charge in [-0.25, -0.2) is 0 Å². The number of hydrogen-bond donors (Lipinski definition) is 1. The first-order chi connectivity index (χ1) is 10.3. The van der Waals surface area contributed by atoms with Crippen LogP contribution < -0.4 is 5.32 Å². The van der Waals surface area contributed by atoms with E-state index in [0.29, 0.717) is 0 Å². The van der Waals surface area contributed by atoms with Crippen LogP contribution in [0.4, 0.5) is 0 Å². The van der Waals surface area contributed by atoms with Gasteiger partial charge in [0.1, 0.15) is 0 Å². The van der Waals surface area contributed by atoms with Crippen molar-refractivity contribution in [2.24, 2.45) is 11.8 Å². The molecule has 0 aromatic rings. The highest BCUT2D eigenvalue weighted by molar-refractivity contribution is 4.83. The van der Waals surface area contributed by atoms with Crippen molar-refractivity contribution >= 4 is 0 Å². The summed E-state index contributed by atoms with van der Waals surface area (Å²) in [5.41, 5.74) is 0. The van der Waals surface area contributed by atoms with Crippen molar-refractivity contribution in [1.82, 2.24) is 10.2 Å². The Morgan fingerprint density at radius 3 is 2.38 bits per heavy atom. The summed E-state index contributed by atoms with van der Waals surface area (Å²) in [5, 5.41) is 3.85. The van der Waals surface area contributed by atoms with Crippen LogP contribution in [0.1, 0.15) is 78.1 Å². The zero-order chi connectivity index (χ0) is 14.9. The smallest absolute Gasteiger partial charge is 0.0107 e. The molecule has 2 rings (SSSR count). The quantitative estimate of drug-likeness (QED) is 0.698. The van der Waals surface area contributed by atoms with Gasteiger partial charge in [-0.2, -0.15) is 0 Å². The van der Waals surface area contributed by atoms with E-state index in [0.717, 1.165) is 17.9 Å². The van der Waals surface area contributed by atoms with Gasteiger partial charge in [0.05, 0.1) is 0 Å². The van der Waals surface area contributed by atoms with E-state index >= 15 is 0 Å². The van der Waals surface area contributed by atoms with Crippen LogP contribution in [-0.2, 0) is 0 Å². The Labute approximate surface area is 133 Å². The molecule has 1 aliphatic carbocycles. The number of nitrogens with one attached hydrogen (secondary N) is 1. The van der Waals surface area contributed by atoms with Crippen LogP contribution in [0, 0.1) is 11.8 Å². The van der Waals surface area contributed by atoms with Crippen LogP contribution >= 0.6 is 0 Å². The van der Waals surface area contributed by atoms with Crippen molar-refractivity contribution in [2.75, 3.05) is 26.2 Å². The van der Waals surface area contributed by atoms with E-state index in [4.69, 9.17) is 0 Å². The summed E-state index contributed by atoms with van der Waals surface area (Å²) in [6.45, 7) is 9.92. The minimum absolute atomic E-state index is 0.792. The molecule has 0 aromatic heterocycles. The predicted octanol–water partition coefficient (Wildman–Crippen LogP) is 4.45. The zero-order valence-electron chi connectivity index (χ0n) is 14.6. The fourth-order valence-corrected chi connectivity index (χ4v) is 4.40. The zero-order valence-corrected chi connectivity index (χ0v) is 14.6. The first-order valence-electron chi connectivity index (χ1n) is 9.79. The van der Waals surface area contributed by atoms with Crippen LogP contribution in [0.15, 0.2) is 0 Å². The number of likely N-dealkylation sites (tertiary alicyclic amines) is 1. The van der Waals surface area contributed by atoms with Crippen LogP contribution in [0.25, 0.3) is 0 Å². The Balaban J connectivity index is 1.78. The molecule has 1 N–H and O–H groups in total. The van der Waals surface area contributed by atoms with E-state index in [-0.39, 0.29) is 0 Å². The maximum atomic E-state index is 3.85. The van der Waals surface area contributed by atoms with Crippen molar-refractivity contribution < 1.29 is 0 Å². The molecule has 124 valence electrons. The number of piperidine rings is 1. The van der Waals surface area contributed by atoms with Crippen molar-refractivity contribution in [2.45, 2.75) is 84.1 Å². The Hall–Kier alpha value is -0.0800. The summed E-state index contributed by atoms with van der Waals surface area (Å²) < 4.78 is 0. The maximum Gasteiger partial charge on any atom is 0.0107 e. The molecule has 0 amide bonds. The van der Waals surface area contributed by atoms with Gasteiger partial charge < -0.3 is 10.2 Å². The fourth-order valence-electron chi connectivity index (χ4n) is 4.40. The second kappa shape index (κ2) is 9.84. The van der Waals surface area contributed by atoms with Crippen molar-refractivity contribution in [3.8, 4) is 0 Å². The van der Waals surface area contributed by atoms with Crippen LogP contribution in [-0.4, -0.2) is 37.1 Å². The largest absolute Gasteiger partial charge is 0.314 e. The van der Waals surface area contributed by atoms with E-state index in [2.05, 4.69) is 24.1 Å². The molecule has 1 saturated heterocycles. The summed E-state index contributed by atoms with van der Waals surface area (Å²) in [4.78, 5) is 2.78. The highest BCUT2D eigenvalue weighted by atomic mass is 15.1. The summed E-state index contributed by atoms with van der Waals surface area (Å²) in [6.07, 6.45) is 14.2. The lowest BCUT2D eigenvalue weighted by molar-refractivity contribution is 0.138. The third-order valence-corrected chi connectivity index (χ3v) is 5.71. The molecule has 1 saturated carbocycles. The lowest BCUT2D eigenvalue weighted by Gasteiger charge is -2.36. The molecular formula is C19H38N2. The van der Waals surface area contributed by atoms with Gasteiger partial charge in [0.2, 0.25) is 0 Å². The van der Waals surface area contributed by atoms with E-state index in [9.17, 15) is 0 Å². The van der Waals surface area contributed by atoms with Gasteiger partial charge in [-0.05, 0) is 63.6 Å². The lowest BCUT2D eigenvalue weighted by Crippen LogP contribution is -2.44. The summed E-state index contributed by atoms with van der Waals surface area (Å²) in [7, 11) is 0. The van der Waals surface area contributed by atoms with Crippen LogP contribution in [0.3, 0.4) is 0 Å². The second-order valence-corrected chi connectivity index (χ2v) is 7.49. The van der Waals surface area contributed by atoms with Crippen LogP contribution in [0.2, 0.25) is 0 Å². The average molecular weight is 295 g/mol. The maximum absolute atomic E-state index is 3.85. The molecular weight excluding hydrogens is 256 g/mol. The van der Waals surface area contributed by atoms with E-state index < -0.39 is 0 Å². The van der Waals surface area contributed by atoms with Gasteiger partial charge >= 0.3 is 0 Å². The van der Waals surface area contributed by atoms with Gasteiger partial charge in [0, 0.05) is 12.6 Å². The molecule has 2 unspecified atom stereocenters. The van der Waals surface area contributed by atoms with Gasteiger partial charge in [-0.3, -0.25) is 0 Å². The third kappa shape index (κ3) is 5.90. The highest BCUT2D eigenvalue weighted by Crippen LogP contribution is 2.27. The molecule has 2 fully saturated rings. The van der Waals surface area contributed by atoms with Crippen LogP contribution in [0.5, 0.6) is 0 Å². The first kappa shape index (κ1) is 17.3.